The fourth-order valence-corrected chi connectivity index (χ4v) is 2.96. The van der Waals surface area contributed by atoms with E-state index in [4.69, 9.17) is 25.8 Å². The van der Waals surface area contributed by atoms with E-state index < -0.39 is 5.91 Å². The zero-order valence-corrected chi connectivity index (χ0v) is 15.2. The van der Waals surface area contributed by atoms with Crippen LogP contribution in [0.2, 0.25) is 4.34 Å². The molecule has 2 aromatic rings. The summed E-state index contributed by atoms with van der Waals surface area (Å²) in [6.07, 6.45) is 0. The van der Waals surface area contributed by atoms with Crippen LogP contribution >= 0.6 is 22.9 Å². The Balaban J connectivity index is 2.23. The summed E-state index contributed by atoms with van der Waals surface area (Å²) in [4.78, 5) is 13.2. The summed E-state index contributed by atoms with van der Waals surface area (Å²) in [5, 5.41) is 4.09. The lowest BCUT2D eigenvalue weighted by atomic mass is 10.1. The Morgan fingerprint density at radius 2 is 1.75 bits per heavy atom. The molecule has 24 heavy (non-hydrogen) atoms. The maximum absolute atomic E-state index is 12.3. The van der Waals surface area contributed by atoms with Crippen LogP contribution in [-0.2, 0) is 0 Å². The smallest absolute Gasteiger partial charge is 0.271 e. The number of carbonyl (C=O) groups is 1. The fraction of sp³-hybridized carbons (Fsp3) is 0.250. The van der Waals surface area contributed by atoms with Crippen LogP contribution in [0.4, 0.5) is 0 Å². The molecule has 0 saturated heterocycles. The van der Waals surface area contributed by atoms with E-state index in [1.807, 2.05) is 6.07 Å². The van der Waals surface area contributed by atoms with Crippen LogP contribution in [0.5, 0.6) is 17.2 Å². The first-order valence-electron chi connectivity index (χ1n) is 6.90. The molecule has 0 aliphatic carbocycles. The second-order valence-electron chi connectivity index (χ2n) is 4.66. The van der Waals surface area contributed by atoms with E-state index in [9.17, 15) is 4.79 Å². The van der Waals surface area contributed by atoms with E-state index in [1.165, 1.54) is 32.7 Å². The molecule has 0 bridgehead atoms. The number of ether oxygens (including phenoxy) is 3. The fourth-order valence-electron chi connectivity index (χ4n) is 1.98. The van der Waals surface area contributed by atoms with Crippen LogP contribution < -0.4 is 19.6 Å². The molecule has 1 aromatic heterocycles. The van der Waals surface area contributed by atoms with Gasteiger partial charge in [-0.15, -0.1) is 11.3 Å². The Kier molecular flexibility index (Phi) is 6.05. The number of carbonyl (C=O) groups excluding carboxylic acids is 1. The lowest BCUT2D eigenvalue weighted by Crippen LogP contribution is -2.19. The van der Waals surface area contributed by atoms with Crippen LogP contribution in [0, 0.1) is 0 Å². The van der Waals surface area contributed by atoms with Gasteiger partial charge in [-0.05, 0) is 31.2 Å². The van der Waals surface area contributed by atoms with E-state index in [1.54, 1.807) is 25.1 Å². The number of hydrogen-bond acceptors (Lipinski definition) is 6. The predicted molar refractivity (Wildman–Crippen MR) is 95.1 cm³/mol. The highest BCUT2D eigenvalue weighted by atomic mass is 35.5. The van der Waals surface area contributed by atoms with E-state index in [2.05, 4.69) is 10.5 Å². The molecule has 0 radical (unpaired) electrons. The number of halogens is 1. The molecule has 0 unspecified atom stereocenters. The van der Waals surface area contributed by atoms with Gasteiger partial charge in [0.05, 0.1) is 36.3 Å². The van der Waals surface area contributed by atoms with Crippen molar-refractivity contribution in [2.45, 2.75) is 6.92 Å². The number of nitrogens with one attached hydrogen (secondary N) is 1. The molecule has 1 heterocycles. The van der Waals surface area contributed by atoms with Gasteiger partial charge in [0, 0.05) is 5.56 Å². The van der Waals surface area contributed by atoms with E-state index in [0.717, 1.165) is 4.88 Å². The molecule has 8 heteroatoms. The second kappa shape index (κ2) is 8.03. The molecule has 0 spiro atoms. The molecule has 0 saturated carbocycles. The van der Waals surface area contributed by atoms with Crippen molar-refractivity contribution in [3.05, 3.63) is 39.0 Å². The third kappa shape index (κ3) is 3.98. The summed E-state index contributed by atoms with van der Waals surface area (Å²) in [5.74, 6) is 0.821. The normalized spacial score (nSPS) is 11.1. The van der Waals surface area contributed by atoms with Crippen molar-refractivity contribution in [1.82, 2.24) is 5.43 Å². The van der Waals surface area contributed by atoms with Crippen LogP contribution in [0.25, 0.3) is 0 Å². The first-order chi connectivity index (χ1) is 11.5. The Morgan fingerprint density at radius 1 is 1.12 bits per heavy atom. The van der Waals surface area contributed by atoms with Gasteiger partial charge < -0.3 is 14.2 Å². The first-order valence-corrected chi connectivity index (χ1v) is 8.10. The van der Waals surface area contributed by atoms with Crippen molar-refractivity contribution < 1.29 is 19.0 Å². The standard InChI is InChI=1S/C16H17ClN2O4S/c1-9(13-5-6-14(17)24-13)18-19-16(20)10-7-11(21-2)15(23-4)12(8-10)22-3/h5-8H,1-4H3,(H,19,20). The van der Waals surface area contributed by atoms with Gasteiger partial charge in [0.2, 0.25) is 5.75 Å². The van der Waals surface area contributed by atoms with Gasteiger partial charge in [0.15, 0.2) is 11.5 Å². The van der Waals surface area contributed by atoms with Crippen LogP contribution in [-0.4, -0.2) is 32.9 Å². The van der Waals surface area contributed by atoms with Gasteiger partial charge in [-0.2, -0.15) is 5.10 Å². The Hall–Kier alpha value is -2.25. The van der Waals surface area contributed by atoms with Crippen LogP contribution in [0.15, 0.2) is 29.4 Å². The number of amides is 1. The first kappa shape index (κ1) is 18.1. The largest absolute Gasteiger partial charge is 0.493 e. The number of hydrogen-bond donors (Lipinski definition) is 1. The summed E-state index contributed by atoms with van der Waals surface area (Å²) in [6.45, 7) is 1.79. The van der Waals surface area contributed by atoms with Gasteiger partial charge in [0.1, 0.15) is 0 Å². The number of nitrogens with zero attached hydrogens (tertiary/aromatic N) is 1. The molecule has 0 aliphatic rings. The minimum atomic E-state index is -0.392. The molecule has 6 nitrogen and oxygen atoms in total. The molecule has 128 valence electrons. The zero-order chi connectivity index (χ0) is 17.7. The predicted octanol–water partition coefficient (Wildman–Crippen LogP) is 3.58. The highest BCUT2D eigenvalue weighted by molar-refractivity contribution is 7.18. The summed E-state index contributed by atoms with van der Waals surface area (Å²) < 4.78 is 16.4. The summed E-state index contributed by atoms with van der Waals surface area (Å²) in [7, 11) is 4.48. The molecule has 0 aliphatic heterocycles. The van der Waals surface area contributed by atoms with Gasteiger partial charge in [-0.1, -0.05) is 11.6 Å². The SMILES string of the molecule is COc1cc(C(=O)NN=C(C)c2ccc(Cl)s2)cc(OC)c1OC. The molecule has 1 aromatic carbocycles. The lowest BCUT2D eigenvalue weighted by Gasteiger charge is -2.13. The minimum absolute atomic E-state index is 0.338. The lowest BCUT2D eigenvalue weighted by molar-refractivity contribution is 0.0954. The minimum Gasteiger partial charge on any atom is -0.493 e. The van der Waals surface area contributed by atoms with Crippen molar-refractivity contribution in [3.8, 4) is 17.2 Å². The third-order valence-corrected chi connectivity index (χ3v) is 4.52. The average molecular weight is 369 g/mol. The van der Waals surface area contributed by atoms with Gasteiger partial charge in [-0.3, -0.25) is 4.79 Å². The molecule has 0 atom stereocenters. The second-order valence-corrected chi connectivity index (χ2v) is 6.37. The van der Waals surface area contributed by atoms with Crippen molar-refractivity contribution in [3.63, 3.8) is 0 Å². The van der Waals surface area contributed by atoms with Gasteiger partial charge in [0.25, 0.3) is 5.91 Å². The highest BCUT2D eigenvalue weighted by Gasteiger charge is 2.17. The Morgan fingerprint density at radius 3 is 2.21 bits per heavy atom. The van der Waals surface area contributed by atoms with E-state index in [-0.39, 0.29) is 0 Å². The molecule has 2 rings (SSSR count). The maximum atomic E-state index is 12.3. The van der Waals surface area contributed by atoms with E-state index >= 15 is 0 Å². The van der Waals surface area contributed by atoms with E-state index in [0.29, 0.717) is 32.9 Å². The van der Waals surface area contributed by atoms with Crippen LogP contribution in [0.1, 0.15) is 22.2 Å². The average Bonchev–Trinajstić information content (AvgIpc) is 3.04. The zero-order valence-electron chi connectivity index (χ0n) is 13.7. The number of rotatable bonds is 6. The molecule has 1 N–H and O–H groups in total. The Labute approximate surface area is 149 Å². The highest BCUT2D eigenvalue weighted by Crippen LogP contribution is 2.38. The van der Waals surface area contributed by atoms with Gasteiger partial charge >= 0.3 is 0 Å². The van der Waals surface area contributed by atoms with Crippen molar-refractivity contribution in [1.29, 1.82) is 0 Å². The summed E-state index contributed by atoms with van der Waals surface area (Å²) >= 11 is 7.28. The number of methoxy groups -OCH3 is 3. The number of thiophene rings is 1. The third-order valence-electron chi connectivity index (χ3n) is 3.18. The molecule has 0 fully saturated rings. The summed E-state index contributed by atoms with van der Waals surface area (Å²) in [6, 6.07) is 6.74. The maximum Gasteiger partial charge on any atom is 0.271 e. The monoisotopic (exact) mass is 368 g/mol. The topological polar surface area (TPSA) is 69.2 Å². The van der Waals surface area contributed by atoms with Crippen LogP contribution in [0.3, 0.4) is 0 Å². The van der Waals surface area contributed by atoms with Crippen molar-refractivity contribution >= 4 is 34.6 Å². The van der Waals surface area contributed by atoms with Crippen molar-refractivity contribution in [2.75, 3.05) is 21.3 Å². The number of benzene rings is 1. The summed E-state index contributed by atoms with van der Waals surface area (Å²) in [5.41, 5.74) is 3.51. The van der Waals surface area contributed by atoms with Crippen molar-refractivity contribution in [2.24, 2.45) is 5.10 Å². The Bertz CT molecular complexity index is 748. The molecular formula is C16H17ClN2O4S. The van der Waals surface area contributed by atoms with Gasteiger partial charge in [-0.25, -0.2) is 5.43 Å². The number of hydrazone groups is 1. The quantitative estimate of drug-likeness (QED) is 0.625. The molecule has 1 amide bonds. The molecular weight excluding hydrogens is 352 g/mol.